The maximum Gasteiger partial charge on any atom is 0.322 e. The Bertz CT molecular complexity index is 1400. The maximum absolute atomic E-state index is 13.7. The largest absolute Gasteiger partial charge is 0.497 e. The normalized spacial score (nSPS) is 15.4. The van der Waals surface area contributed by atoms with Gasteiger partial charge in [0.2, 0.25) is 5.89 Å². The first-order chi connectivity index (χ1) is 17.0. The Hall–Kier alpha value is -4.07. The molecule has 0 radical (unpaired) electrons. The summed E-state index contributed by atoms with van der Waals surface area (Å²) in [5, 5.41) is 2.93. The van der Waals surface area contributed by atoms with Crippen molar-refractivity contribution in [3.05, 3.63) is 71.9 Å². The van der Waals surface area contributed by atoms with Crippen LogP contribution in [-0.2, 0) is 0 Å². The van der Waals surface area contributed by atoms with E-state index in [1.54, 1.807) is 50.3 Å². The minimum absolute atomic E-state index is 0.231. The molecule has 180 valence electrons. The van der Waals surface area contributed by atoms with Gasteiger partial charge in [0.25, 0.3) is 0 Å². The predicted octanol–water partition coefficient (Wildman–Crippen LogP) is 6.33. The predicted molar refractivity (Wildman–Crippen MR) is 131 cm³/mol. The fourth-order valence-electron chi connectivity index (χ4n) is 4.45. The molecule has 4 aromatic rings. The van der Waals surface area contributed by atoms with E-state index in [1.165, 1.54) is 6.07 Å². The van der Waals surface area contributed by atoms with Gasteiger partial charge < -0.3 is 24.1 Å². The van der Waals surface area contributed by atoms with Crippen molar-refractivity contribution in [3.8, 4) is 22.6 Å². The van der Waals surface area contributed by atoms with E-state index in [1.807, 2.05) is 24.3 Å². The number of amides is 2. The second kappa shape index (κ2) is 9.29. The zero-order valence-electron chi connectivity index (χ0n) is 19.8. The van der Waals surface area contributed by atoms with Gasteiger partial charge in [0.15, 0.2) is 5.58 Å². The molecule has 7 nitrogen and oxygen atoms in total. The molecule has 2 amide bonds. The minimum atomic E-state index is -0.275. The van der Waals surface area contributed by atoms with Crippen LogP contribution in [0.25, 0.3) is 22.2 Å². The van der Waals surface area contributed by atoms with Crippen LogP contribution in [0.2, 0.25) is 0 Å². The molecule has 1 atom stereocenters. The number of anilines is 1. The fourth-order valence-corrected chi connectivity index (χ4v) is 4.45. The Kier molecular flexibility index (Phi) is 6.03. The number of carbonyl (C=O) groups is 1. The van der Waals surface area contributed by atoms with Crippen molar-refractivity contribution in [1.82, 2.24) is 9.88 Å². The van der Waals surface area contributed by atoms with Gasteiger partial charge in [-0.25, -0.2) is 14.2 Å². The monoisotopic (exact) mass is 475 g/mol. The van der Waals surface area contributed by atoms with E-state index in [-0.39, 0.29) is 17.9 Å². The number of hydrogen-bond donors (Lipinski definition) is 1. The third-order valence-electron chi connectivity index (χ3n) is 6.34. The van der Waals surface area contributed by atoms with E-state index >= 15 is 0 Å². The summed E-state index contributed by atoms with van der Waals surface area (Å²) in [6, 6.07) is 15.5. The van der Waals surface area contributed by atoms with Crippen LogP contribution in [0.3, 0.4) is 0 Å². The van der Waals surface area contributed by atoms with Crippen molar-refractivity contribution in [2.45, 2.75) is 25.8 Å². The second-order valence-electron chi connectivity index (χ2n) is 8.55. The summed E-state index contributed by atoms with van der Waals surface area (Å²) in [7, 11) is 3.12. The molecule has 0 aliphatic carbocycles. The molecule has 1 saturated heterocycles. The maximum atomic E-state index is 13.7. The molecule has 1 aliphatic rings. The van der Waals surface area contributed by atoms with Crippen LogP contribution in [0.1, 0.15) is 30.3 Å². The number of fused-ring (bicyclic) bond motifs is 1. The molecule has 1 fully saturated rings. The lowest BCUT2D eigenvalue weighted by Crippen LogP contribution is -2.34. The molecule has 1 aromatic heterocycles. The molecule has 2 heterocycles. The van der Waals surface area contributed by atoms with Crippen molar-refractivity contribution >= 4 is 22.8 Å². The van der Waals surface area contributed by atoms with E-state index in [0.29, 0.717) is 46.3 Å². The molecule has 0 saturated carbocycles. The lowest BCUT2D eigenvalue weighted by Gasteiger charge is -2.23. The van der Waals surface area contributed by atoms with Gasteiger partial charge in [-0.3, -0.25) is 0 Å². The topological polar surface area (TPSA) is 76.8 Å². The Morgan fingerprint density at radius 2 is 1.89 bits per heavy atom. The summed E-state index contributed by atoms with van der Waals surface area (Å²) in [4.78, 5) is 19.6. The van der Waals surface area contributed by atoms with Crippen LogP contribution < -0.4 is 14.8 Å². The number of rotatable bonds is 5. The summed E-state index contributed by atoms with van der Waals surface area (Å²) in [5.41, 5.74) is 4.32. The van der Waals surface area contributed by atoms with E-state index < -0.39 is 0 Å². The number of aryl methyl sites for hydroxylation is 1. The number of nitrogens with zero attached hydrogens (tertiary/aromatic N) is 2. The zero-order valence-corrected chi connectivity index (χ0v) is 19.8. The molecule has 1 aliphatic heterocycles. The van der Waals surface area contributed by atoms with Gasteiger partial charge in [0, 0.05) is 12.6 Å². The minimum Gasteiger partial charge on any atom is -0.497 e. The summed E-state index contributed by atoms with van der Waals surface area (Å²) in [5.74, 6) is 1.42. The first-order valence-corrected chi connectivity index (χ1v) is 11.4. The number of ether oxygens (including phenoxy) is 2. The molecule has 8 heteroatoms. The lowest BCUT2D eigenvalue weighted by molar-refractivity contribution is 0.198. The molecular weight excluding hydrogens is 449 g/mol. The molecule has 0 spiro atoms. The number of urea groups is 1. The fraction of sp³-hybridized carbons (Fsp3) is 0.259. The highest BCUT2D eigenvalue weighted by Crippen LogP contribution is 2.36. The van der Waals surface area contributed by atoms with Gasteiger partial charge in [-0.1, -0.05) is 12.1 Å². The van der Waals surface area contributed by atoms with Crippen LogP contribution in [0.5, 0.6) is 11.5 Å². The highest BCUT2D eigenvalue weighted by Gasteiger charge is 2.34. The number of carbonyl (C=O) groups excluding carboxylic acids is 1. The number of hydrogen-bond acceptors (Lipinski definition) is 5. The first kappa shape index (κ1) is 22.7. The Balaban J connectivity index is 1.39. The SMILES string of the molecule is COc1ccc(NC(=O)N2CCCC2c2nc3cc(-c4ccc(F)c(C)c4)ccc3o2)c(OC)c1. The van der Waals surface area contributed by atoms with E-state index in [4.69, 9.17) is 18.9 Å². The van der Waals surface area contributed by atoms with Crippen molar-refractivity contribution in [1.29, 1.82) is 0 Å². The number of halogens is 1. The highest BCUT2D eigenvalue weighted by atomic mass is 19.1. The standard InChI is InChI=1S/C27H26FN3O4/c1-16-13-17(6-9-20(16)28)18-7-11-24-22(14-18)29-26(35-24)23-5-4-12-31(23)27(32)30-21-10-8-19(33-2)15-25(21)34-3/h6-11,13-15,23H,4-5,12H2,1-3H3,(H,30,32). The molecular formula is C27H26FN3O4. The summed E-state index contributed by atoms with van der Waals surface area (Å²) in [6.07, 6.45) is 1.60. The van der Waals surface area contributed by atoms with E-state index in [0.717, 1.165) is 24.0 Å². The van der Waals surface area contributed by atoms with E-state index in [9.17, 15) is 9.18 Å². The Morgan fingerprint density at radius 1 is 1.09 bits per heavy atom. The lowest BCUT2D eigenvalue weighted by atomic mass is 10.0. The van der Waals surface area contributed by atoms with Gasteiger partial charge in [-0.2, -0.15) is 0 Å². The van der Waals surface area contributed by atoms with Crippen LogP contribution in [0, 0.1) is 12.7 Å². The van der Waals surface area contributed by atoms with Crippen molar-refractivity contribution in [3.63, 3.8) is 0 Å². The molecule has 1 unspecified atom stereocenters. The number of aromatic nitrogens is 1. The van der Waals surface area contributed by atoms with Crippen LogP contribution in [0.15, 0.2) is 59.0 Å². The number of benzene rings is 3. The van der Waals surface area contributed by atoms with Crippen LogP contribution in [0.4, 0.5) is 14.9 Å². The number of nitrogens with one attached hydrogen (secondary N) is 1. The van der Waals surface area contributed by atoms with Crippen LogP contribution in [-0.4, -0.2) is 36.7 Å². The average molecular weight is 476 g/mol. The molecule has 0 bridgehead atoms. The summed E-state index contributed by atoms with van der Waals surface area (Å²) >= 11 is 0. The summed E-state index contributed by atoms with van der Waals surface area (Å²) < 4.78 is 30.4. The van der Waals surface area contributed by atoms with Gasteiger partial charge in [0.1, 0.15) is 28.9 Å². The highest BCUT2D eigenvalue weighted by molar-refractivity contribution is 5.91. The number of oxazole rings is 1. The van der Waals surface area contributed by atoms with Crippen molar-refractivity contribution in [2.75, 3.05) is 26.1 Å². The second-order valence-corrected chi connectivity index (χ2v) is 8.55. The van der Waals surface area contributed by atoms with Gasteiger partial charge in [0.05, 0.1) is 19.9 Å². The summed E-state index contributed by atoms with van der Waals surface area (Å²) in [6.45, 7) is 2.33. The number of methoxy groups -OCH3 is 2. The molecule has 3 aromatic carbocycles. The smallest absolute Gasteiger partial charge is 0.322 e. The average Bonchev–Trinajstić information content (AvgIpc) is 3.52. The molecule has 5 rings (SSSR count). The molecule has 35 heavy (non-hydrogen) atoms. The van der Waals surface area contributed by atoms with Crippen LogP contribution >= 0.6 is 0 Å². The van der Waals surface area contributed by atoms with Crippen molar-refractivity contribution in [2.24, 2.45) is 0 Å². The Morgan fingerprint density at radius 3 is 2.66 bits per heavy atom. The van der Waals surface area contributed by atoms with Crippen molar-refractivity contribution < 1.29 is 23.1 Å². The molecule has 1 N–H and O–H groups in total. The first-order valence-electron chi connectivity index (χ1n) is 11.4. The zero-order chi connectivity index (χ0) is 24.5. The van der Waals surface area contributed by atoms with E-state index in [2.05, 4.69) is 5.32 Å². The number of likely N-dealkylation sites (tertiary alicyclic amines) is 1. The van der Waals surface area contributed by atoms with Gasteiger partial charge in [-0.05, 0) is 72.9 Å². The van der Waals surface area contributed by atoms with Gasteiger partial charge in [-0.15, -0.1) is 0 Å². The van der Waals surface area contributed by atoms with Gasteiger partial charge >= 0.3 is 6.03 Å². The third kappa shape index (κ3) is 4.39. The Labute approximate surface area is 202 Å². The third-order valence-corrected chi connectivity index (χ3v) is 6.34. The quantitative estimate of drug-likeness (QED) is 0.365.